The second kappa shape index (κ2) is 7.85. The minimum absolute atomic E-state index is 0.0632. The SMILES string of the molecule is CCCCNC(=O)c1cncc(NCC2CCCO2)c1. The van der Waals surface area contributed by atoms with Gasteiger partial charge in [0.1, 0.15) is 0 Å². The van der Waals surface area contributed by atoms with Crippen LogP contribution in [0, 0.1) is 0 Å². The molecule has 1 unspecified atom stereocenters. The number of rotatable bonds is 7. The molecule has 20 heavy (non-hydrogen) atoms. The molecular formula is C15H23N3O2. The van der Waals surface area contributed by atoms with Crippen LogP contribution < -0.4 is 10.6 Å². The maximum atomic E-state index is 11.9. The fourth-order valence-electron chi connectivity index (χ4n) is 2.18. The number of ether oxygens (including phenoxy) is 1. The average molecular weight is 277 g/mol. The molecule has 0 aliphatic carbocycles. The Hall–Kier alpha value is -1.62. The summed E-state index contributed by atoms with van der Waals surface area (Å²) in [4.78, 5) is 16.0. The third-order valence-electron chi connectivity index (χ3n) is 3.37. The molecule has 0 radical (unpaired) electrons. The quantitative estimate of drug-likeness (QED) is 0.750. The van der Waals surface area contributed by atoms with Crippen LogP contribution >= 0.6 is 0 Å². The molecule has 110 valence electrons. The standard InChI is InChI=1S/C15H23N3O2/c1-2-3-6-17-15(19)12-8-13(10-16-9-12)18-11-14-5-4-7-20-14/h8-10,14,18H,2-7,11H2,1H3,(H,17,19). The Morgan fingerprint density at radius 3 is 3.15 bits per heavy atom. The van der Waals surface area contributed by atoms with E-state index in [4.69, 9.17) is 4.74 Å². The van der Waals surface area contributed by atoms with Crippen molar-refractivity contribution < 1.29 is 9.53 Å². The zero-order valence-electron chi connectivity index (χ0n) is 12.0. The van der Waals surface area contributed by atoms with Gasteiger partial charge < -0.3 is 15.4 Å². The van der Waals surface area contributed by atoms with Gasteiger partial charge in [0.2, 0.25) is 0 Å². The summed E-state index contributed by atoms with van der Waals surface area (Å²) in [5.74, 6) is -0.0632. The molecule has 0 bridgehead atoms. The van der Waals surface area contributed by atoms with Crippen LogP contribution in [0.1, 0.15) is 43.0 Å². The van der Waals surface area contributed by atoms with Crippen LogP contribution in [0.25, 0.3) is 0 Å². The molecule has 1 aromatic rings. The number of carbonyl (C=O) groups excluding carboxylic acids is 1. The molecule has 1 atom stereocenters. The van der Waals surface area contributed by atoms with E-state index in [1.165, 1.54) is 0 Å². The summed E-state index contributed by atoms with van der Waals surface area (Å²) in [5.41, 5.74) is 1.46. The van der Waals surface area contributed by atoms with Gasteiger partial charge in [0.25, 0.3) is 5.91 Å². The Bertz CT molecular complexity index is 431. The van der Waals surface area contributed by atoms with Gasteiger partial charge in [-0.2, -0.15) is 0 Å². The smallest absolute Gasteiger partial charge is 0.252 e. The van der Waals surface area contributed by atoms with Crippen molar-refractivity contribution in [2.24, 2.45) is 0 Å². The van der Waals surface area contributed by atoms with Crippen molar-refractivity contribution in [2.75, 3.05) is 25.0 Å². The maximum absolute atomic E-state index is 11.9. The van der Waals surface area contributed by atoms with Crippen molar-refractivity contribution in [1.82, 2.24) is 10.3 Å². The predicted molar refractivity (Wildman–Crippen MR) is 78.9 cm³/mol. The summed E-state index contributed by atoms with van der Waals surface area (Å²) < 4.78 is 5.56. The molecule has 2 heterocycles. The normalized spacial score (nSPS) is 17.9. The number of hydrogen-bond acceptors (Lipinski definition) is 4. The molecule has 1 aliphatic rings. The Morgan fingerprint density at radius 2 is 2.40 bits per heavy atom. The fraction of sp³-hybridized carbons (Fsp3) is 0.600. The minimum Gasteiger partial charge on any atom is -0.381 e. The highest BCUT2D eigenvalue weighted by molar-refractivity contribution is 5.94. The second-order valence-electron chi connectivity index (χ2n) is 5.09. The summed E-state index contributed by atoms with van der Waals surface area (Å²) in [7, 11) is 0. The van der Waals surface area contributed by atoms with Gasteiger partial charge in [0.15, 0.2) is 0 Å². The minimum atomic E-state index is -0.0632. The van der Waals surface area contributed by atoms with Gasteiger partial charge in [-0.15, -0.1) is 0 Å². The summed E-state index contributed by atoms with van der Waals surface area (Å²) in [6.45, 7) is 4.43. The molecule has 1 aliphatic heterocycles. The second-order valence-corrected chi connectivity index (χ2v) is 5.09. The van der Waals surface area contributed by atoms with E-state index in [9.17, 15) is 4.79 Å². The molecule has 2 rings (SSSR count). The van der Waals surface area contributed by atoms with Gasteiger partial charge in [-0.1, -0.05) is 13.3 Å². The number of unbranched alkanes of at least 4 members (excludes halogenated alkanes) is 1. The van der Waals surface area contributed by atoms with Crippen molar-refractivity contribution >= 4 is 11.6 Å². The number of pyridine rings is 1. The molecule has 1 saturated heterocycles. The van der Waals surface area contributed by atoms with Crippen LogP contribution in [0.15, 0.2) is 18.5 Å². The molecule has 0 aromatic carbocycles. The van der Waals surface area contributed by atoms with Crippen molar-refractivity contribution in [3.8, 4) is 0 Å². The molecule has 0 spiro atoms. The van der Waals surface area contributed by atoms with Gasteiger partial charge >= 0.3 is 0 Å². The van der Waals surface area contributed by atoms with Gasteiger partial charge in [-0.05, 0) is 25.3 Å². The van der Waals surface area contributed by atoms with Crippen molar-refractivity contribution in [3.05, 3.63) is 24.0 Å². The van der Waals surface area contributed by atoms with E-state index in [0.29, 0.717) is 12.1 Å². The highest BCUT2D eigenvalue weighted by Crippen LogP contribution is 2.14. The highest BCUT2D eigenvalue weighted by Gasteiger charge is 2.15. The van der Waals surface area contributed by atoms with Crippen LogP contribution in [-0.2, 0) is 4.74 Å². The van der Waals surface area contributed by atoms with E-state index in [2.05, 4.69) is 22.5 Å². The van der Waals surface area contributed by atoms with E-state index in [0.717, 1.165) is 44.5 Å². The third-order valence-corrected chi connectivity index (χ3v) is 3.37. The summed E-state index contributed by atoms with van der Waals surface area (Å²) in [6.07, 6.45) is 7.90. The van der Waals surface area contributed by atoms with Gasteiger partial charge in [0, 0.05) is 32.1 Å². The zero-order chi connectivity index (χ0) is 14.2. The molecular weight excluding hydrogens is 254 g/mol. The molecule has 0 saturated carbocycles. The number of aromatic nitrogens is 1. The first-order valence-corrected chi connectivity index (χ1v) is 7.38. The lowest BCUT2D eigenvalue weighted by Crippen LogP contribution is -2.24. The lowest BCUT2D eigenvalue weighted by molar-refractivity contribution is 0.0953. The molecule has 5 heteroatoms. The number of carbonyl (C=O) groups is 1. The monoisotopic (exact) mass is 277 g/mol. The third kappa shape index (κ3) is 4.49. The molecule has 5 nitrogen and oxygen atoms in total. The van der Waals surface area contributed by atoms with Crippen molar-refractivity contribution in [1.29, 1.82) is 0 Å². The number of nitrogens with zero attached hydrogens (tertiary/aromatic N) is 1. The van der Waals surface area contributed by atoms with Crippen molar-refractivity contribution in [2.45, 2.75) is 38.7 Å². The van der Waals surface area contributed by atoms with E-state index in [1.54, 1.807) is 12.4 Å². The van der Waals surface area contributed by atoms with Crippen LogP contribution in [-0.4, -0.2) is 36.7 Å². The van der Waals surface area contributed by atoms with Gasteiger partial charge in [-0.3, -0.25) is 9.78 Å². The van der Waals surface area contributed by atoms with E-state index in [1.807, 2.05) is 6.07 Å². The van der Waals surface area contributed by atoms with E-state index < -0.39 is 0 Å². The average Bonchev–Trinajstić information content (AvgIpc) is 2.99. The van der Waals surface area contributed by atoms with Crippen LogP contribution in [0.3, 0.4) is 0 Å². The summed E-state index contributed by atoms with van der Waals surface area (Å²) in [6, 6.07) is 1.84. The number of amides is 1. The lowest BCUT2D eigenvalue weighted by Gasteiger charge is -2.12. The number of anilines is 1. The molecule has 1 fully saturated rings. The number of hydrogen-bond donors (Lipinski definition) is 2. The zero-order valence-corrected chi connectivity index (χ0v) is 12.0. The van der Waals surface area contributed by atoms with Gasteiger partial charge in [0.05, 0.1) is 17.4 Å². The molecule has 1 aromatic heterocycles. The Labute approximate surface area is 120 Å². The van der Waals surface area contributed by atoms with E-state index >= 15 is 0 Å². The summed E-state index contributed by atoms with van der Waals surface area (Å²) in [5, 5.41) is 6.17. The fourth-order valence-corrected chi connectivity index (χ4v) is 2.18. The maximum Gasteiger partial charge on any atom is 0.252 e. The largest absolute Gasteiger partial charge is 0.381 e. The van der Waals surface area contributed by atoms with Crippen LogP contribution in [0.4, 0.5) is 5.69 Å². The first-order chi connectivity index (χ1) is 9.79. The molecule has 2 N–H and O–H groups in total. The van der Waals surface area contributed by atoms with Crippen LogP contribution in [0.2, 0.25) is 0 Å². The molecule has 1 amide bonds. The van der Waals surface area contributed by atoms with Crippen molar-refractivity contribution in [3.63, 3.8) is 0 Å². The number of nitrogens with one attached hydrogen (secondary N) is 2. The van der Waals surface area contributed by atoms with E-state index in [-0.39, 0.29) is 12.0 Å². The van der Waals surface area contributed by atoms with Crippen LogP contribution in [0.5, 0.6) is 0 Å². The summed E-state index contributed by atoms with van der Waals surface area (Å²) >= 11 is 0. The topological polar surface area (TPSA) is 63.2 Å². The first kappa shape index (κ1) is 14.8. The van der Waals surface area contributed by atoms with Gasteiger partial charge in [-0.25, -0.2) is 0 Å². The Balaban J connectivity index is 1.84. The Kier molecular flexibility index (Phi) is 5.80. The predicted octanol–water partition coefficient (Wildman–Crippen LogP) is 2.20. The highest BCUT2D eigenvalue weighted by atomic mass is 16.5. The first-order valence-electron chi connectivity index (χ1n) is 7.38. The Morgan fingerprint density at radius 1 is 1.50 bits per heavy atom. The lowest BCUT2D eigenvalue weighted by atomic mass is 10.2.